The van der Waals surface area contributed by atoms with Gasteiger partial charge < -0.3 is 26.8 Å². The van der Waals surface area contributed by atoms with E-state index in [1.807, 2.05) is 75.6 Å². The van der Waals surface area contributed by atoms with Crippen LogP contribution >= 0.6 is 11.3 Å². The van der Waals surface area contributed by atoms with Crippen LogP contribution in [-0.2, 0) is 0 Å². The third kappa shape index (κ3) is 5.38. The fourth-order valence-electron chi connectivity index (χ4n) is 3.55. The van der Waals surface area contributed by atoms with Crippen molar-refractivity contribution in [2.75, 3.05) is 45.8 Å². The van der Waals surface area contributed by atoms with Gasteiger partial charge in [0.05, 0.1) is 29.5 Å². The Morgan fingerprint density at radius 3 is 2.42 bits per heavy atom. The van der Waals surface area contributed by atoms with Gasteiger partial charge in [0, 0.05) is 13.1 Å². The lowest BCUT2D eigenvalue weighted by Crippen LogP contribution is -3.00. The summed E-state index contributed by atoms with van der Waals surface area (Å²) < 4.78 is 12.2. The number of amides is 1. The van der Waals surface area contributed by atoms with E-state index in [-0.39, 0.29) is 18.3 Å². The number of hydrogen-bond donors (Lipinski definition) is 0. The van der Waals surface area contributed by atoms with Crippen molar-refractivity contribution < 1.29 is 26.7 Å². The number of halogens is 1. The molecule has 0 aliphatic heterocycles. The molecule has 0 aliphatic rings. The molecule has 1 aromatic heterocycles. The number of likely N-dealkylation sites (N-methyl/N-ethyl adjacent to an activating group) is 1. The molecular formula is C25H27ClN3O3S-. The molecule has 0 atom stereocenters. The van der Waals surface area contributed by atoms with E-state index in [4.69, 9.17) is 14.5 Å². The van der Waals surface area contributed by atoms with Crippen molar-refractivity contribution in [3.05, 3.63) is 60.2 Å². The fraction of sp³-hybridized carbons (Fsp3) is 0.280. The molecule has 0 fully saturated rings. The van der Waals surface area contributed by atoms with E-state index >= 15 is 0 Å². The first-order valence-electron chi connectivity index (χ1n) is 10.6. The number of aromatic nitrogens is 1. The van der Waals surface area contributed by atoms with E-state index in [2.05, 4.69) is 4.90 Å². The number of benzene rings is 3. The van der Waals surface area contributed by atoms with Crippen LogP contribution in [0.25, 0.3) is 21.0 Å². The Morgan fingerprint density at radius 1 is 1.03 bits per heavy atom. The minimum atomic E-state index is -0.126. The zero-order chi connectivity index (χ0) is 22.7. The number of carbonyl (C=O) groups is 1. The molecule has 1 heterocycles. The first-order valence-corrected chi connectivity index (χ1v) is 11.4. The molecule has 0 spiro atoms. The molecule has 0 unspecified atom stereocenters. The summed E-state index contributed by atoms with van der Waals surface area (Å²) in [5.41, 5.74) is 1.38. The number of ether oxygens (including phenoxy) is 2. The Morgan fingerprint density at radius 2 is 1.76 bits per heavy atom. The van der Waals surface area contributed by atoms with E-state index in [1.54, 1.807) is 12.0 Å². The Balaban J connectivity index is 0.00000306. The molecule has 1 amide bonds. The second-order valence-electron chi connectivity index (χ2n) is 7.72. The minimum absolute atomic E-state index is 0. The molecule has 4 aromatic rings. The lowest BCUT2D eigenvalue weighted by molar-refractivity contribution is -0.0000152. The zero-order valence-electron chi connectivity index (χ0n) is 19.2. The van der Waals surface area contributed by atoms with Crippen LogP contribution < -0.4 is 26.8 Å². The van der Waals surface area contributed by atoms with Crippen LogP contribution in [-0.4, -0.2) is 56.7 Å². The van der Waals surface area contributed by atoms with E-state index in [9.17, 15) is 4.79 Å². The van der Waals surface area contributed by atoms with Crippen molar-refractivity contribution in [2.24, 2.45) is 0 Å². The number of rotatable bonds is 8. The van der Waals surface area contributed by atoms with Gasteiger partial charge in [-0.25, -0.2) is 4.98 Å². The van der Waals surface area contributed by atoms with Gasteiger partial charge >= 0.3 is 0 Å². The molecule has 0 bridgehead atoms. The highest BCUT2D eigenvalue weighted by atomic mass is 35.5. The molecule has 0 aliphatic carbocycles. The van der Waals surface area contributed by atoms with Crippen LogP contribution in [0.15, 0.2) is 54.6 Å². The number of carbonyl (C=O) groups excluding carboxylic acids is 1. The monoisotopic (exact) mass is 484 g/mol. The first kappa shape index (κ1) is 24.8. The SMILES string of the molecule is CCOc1ccc2nc(N(CCN(C)C)C(=O)c3cc4ccccc4cc3OC)sc2c1.[Cl-]. The van der Waals surface area contributed by atoms with Crippen molar-refractivity contribution in [3.8, 4) is 11.5 Å². The molecule has 174 valence electrons. The predicted molar refractivity (Wildman–Crippen MR) is 132 cm³/mol. The van der Waals surface area contributed by atoms with Gasteiger partial charge in [-0.15, -0.1) is 0 Å². The van der Waals surface area contributed by atoms with Gasteiger partial charge in [0.15, 0.2) is 5.13 Å². The fourth-order valence-corrected chi connectivity index (χ4v) is 4.57. The van der Waals surface area contributed by atoms with Gasteiger partial charge in [0.25, 0.3) is 5.91 Å². The van der Waals surface area contributed by atoms with Crippen LogP contribution in [0, 0.1) is 0 Å². The number of methoxy groups -OCH3 is 1. The second-order valence-corrected chi connectivity index (χ2v) is 8.73. The molecule has 0 N–H and O–H groups in total. The summed E-state index contributed by atoms with van der Waals surface area (Å²) in [6, 6.07) is 17.6. The largest absolute Gasteiger partial charge is 1.00 e. The summed E-state index contributed by atoms with van der Waals surface area (Å²) in [4.78, 5) is 22.4. The van der Waals surface area contributed by atoms with Crippen molar-refractivity contribution in [2.45, 2.75) is 6.92 Å². The summed E-state index contributed by atoms with van der Waals surface area (Å²) in [7, 11) is 5.58. The summed E-state index contributed by atoms with van der Waals surface area (Å²) in [5.74, 6) is 1.24. The van der Waals surface area contributed by atoms with Crippen molar-refractivity contribution in [3.63, 3.8) is 0 Å². The number of hydrogen-bond acceptors (Lipinski definition) is 6. The van der Waals surface area contributed by atoms with Gasteiger partial charge in [0.2, 0.25) is 0 Å². The summed E-state index contributed by atoms with van der Waals surface area (Å²) in [6.07, 6.45) is 0. The van der Waals surface area contributed by atoms with Crippen molar-refractivity contribution in [1.29, 1.82) is 0 Å². The first-order chi connectivity index (χ1) is 15.5. The smallest absolute Gasteiger partial charge is 0.263 e. The topological polar surface area (TPSA) is 54.9 Å². The van der Waals surface area contributed by atoms with Crippen molar-refractivity contribution in [1.82, 2.24) is 9.88 Å². The lowest BCUT2D eigenvalue weighted by Gasteiger charge is -2.23. The molecular weight excluding hydrogens is 458 g/mol. The normalized spacial score (nSPS) is 10.9. The Kier molecular flexibility index (Phi) is 8.13. The molecule has 0 saturated heterocycles. The molecule has 0 saturated carbocycles. The quantitative estimate of drug-likeness (QED) is 0.383. The number of thiazole rings is 1. The molecule has 8 heteroatoms. The molecule has 6 nitrogen and oxygen atoms in total. The standard InChI is InChI=1S/C25H27N3O3S.ClH/c1-5-31-19-10-11-21-23(16-19)32-25(26-21)28(13-12-27(2)3)24(29)20-14-17-8-6-7-9-18(17)15-22(20)30-4;/h6-11,14-16H,5,12-13H2,1-4H3;1H/p-1. The predicted octanol–water partition coefficient (Wildman–Crippen LogP) is 2.07. The Hall–Kier alpha value is -2.87. The average Bonchev–Trinajstić information content (AvgIpc) is 3.21. The summed E-state index contributed by atoms with van der Waals surface area (Å²) in [6.45, 7) is 3.79. The maximum absolute atomic E-state index is 13.8. The minimum Gasteiger partial charge on any atom is -1.00 e. The summed E-state index contributed by atoms with van der Waals surface area (Å²) in [5, 5.41) is 2.69. The zero-order valence-corrected chi connectivity index (χ0v) is 20.7. The van der Waals surface area contributed by atoms with Crippen LogP contribution in [0.4, 0.5) is 5.13 Å². The van der Waals surface area contributed by atoms with Gasteiger partial charge in [-0.3, -0.25) is 9.69 Å². The highest BCUT2D eigenvalue weighted by Gasteiger charge is 2.25. The van der Waals surface area contributed by atoms with Crippen LogP contribution in [0.3, 0.4) is 0 Å². The number of nitrogens with zero attached hydrogens (tertiary/aromatic N) is 3. The van der Waals surface area contributed by atoms with E-state index in [0.29, 0.717) is 36.1 Å². The van der Waals surface area contributed by atoms with E-state index < -0.39 is 0 Å². The molecule has 33 heavy (non-hydrogen) atoms. The van der Waals surface area contributed by atoms with Gasteiger partial charge in [-0.05, 0) is 62.1 Å². The maximum Gasteiger partial charge on any atom is 0.263 e. The van der Waals surface area contributed by atoms with Gasteiger partial charge in [-0.1, -0.05) is 35.6 Å². The van der Waals surface area contributed by atoms with Crippen LogP contribution in [0.2, 0.25) is 0 Å². The van der Waals surface area contributed by atoms with Gasteiger partial charge in [0.1, 0.15) is 11.5 Å². The second kappa shape index (κ2) is 10.8. The summed E-state index contributed by atoms with van der Waals surface area (Å²) >= 11 is 1.49. The molecule has 3 aromatic carbocycles. The highest BCUT2D eigenvalue weighted by molar-refractivity contribution is 7.22. The number of anilines is 1. The van der Waals surface area contributed by atoms with Crippen LogP contribution in [0.1, 0.15) is 17.3 Å². The maximum atomic E-state index is 13.8. The Bertz CT molecular complexity index is 1260. The van der Waals surface area contributed by atoms with E-state index in [1.165, 1.54) is 11.3 Å². The third-order valence-corrected chi connectivity index (χ3v) is 6.25. The van der Waals surface area contributed by atoms with Crippen molar-refractivity contribution >= 4 is 43.4 Å². The average molecular weight is 485 g/mol. The Labute approximate surface area is 204 Å². The van der Waals surface area contributed by atoms with Crippen LogP contribution in [0.5, 0.6) is 11.5 Å². The molecule has 4 rings (SSSR count). The van der Waals surface area contributed by atoms with Gasteiger partial charge in [-0.2, -0.15) is 0 Å². The lowest BCUT2D eigenvalue weighted by atomic mass is 10.0. The van der Waals surface area contributed by atoms with E-state index in [0.717, 1.165) is 26.7 Å². The molecule has 0 radical (unpaired) electrons. The number of fused-ring (bicyclic) bond motifs is 2. The highest BCUT2D eigenvalue weighted by Crippen LogP contribution is 2.34. The third-order valence-electron chi connectivity index (χ3n) is 5.20.